The molecule has 0 bridgehead atoms. The van der Waals surface area contributed by atoms with Gasteiger partial charge < -0.3 is 14.8 Å². The molecule has 0 spiro atoms. The Hall–Kier alpha value is -0.770. The third kappa shape index (κ3) is 5.85. The molecule has 0 amide bonds. The van der Waals surface area contributed by atoms with Crippen LogP contribution in [-0.4, -0.2) is 25.4 Å². The summed E-state index contributed by atoms with van der Waals surface area (Å²) < 4.78 is 11.2. The monoisotopic (exact) mass is 311 g/mol. The SMILES string of the molecule is CC(C)(C)NCc1ccc(OCC2CCOCC2)c(Cl)c1. The van der Waals surface area contributed by atoms with Gasteiger partial charge in [0.15, 0.2) is 0 Å². The highest BCUT2D eigenvalue weighted by Gasteiger charge is 2.15. The van der Waals surface area contributed by atoms with Gasteiger partial charge in [0.25, 0.3) is 0 Å². The van der Waals surface area contributed by atoms with Crippen molar-refractivity contribution < 1.29 is 9.47 Å². The lowest BCUT2D eigenvalue weighted by molar-refractivity contribution is 0.0498. The van der Waals surface area contributed by atoms with Gasteiger partial charge in [-0.25, -0.2) is 0 Å². The molecule has 118 valence electrons. The Labute approximate surface area is 133 Å². The Morgan fingerprint density at radius 3 is 2.62 bits per heavy atom. The number of ether oxygens (including phenoxy) is 2. The summed E-state index contributed by atoms with van der Waals surface area (Å²) in [6.45, 7) is 9.68. The Balaban J connectivity index is 1.86. The second-order valence-corrected chi connectivity index (χ2v) is 7.14. The lowest BCUT2D eigenvalue weighted by Crippen LogP contribution is -2.35. The van der Waals surface area contributed by atoms with Crippen molar-refractivity contribution in [1.29, 1.82) is 0 Å². The summed E-state index contributed by atoms with van der Waals surface area (Å²) in [6, 6.07) is 6.03. The lowest BCUT2D eigenvalue weighted by atomic mass is 10.0. The first-order valence-corrected chi connectivity index (χ1v) is 8.06. The van der Waals surface area contributed by atoms with Crippen LogP contribution in [0.5, 0.6) is 5.75 Å². The van der Waals surface area contributed by atoms with Gasteiger partial charge >= 0.3 is 0 Å². The molecule has 1 saturated heterocycles. The normalized spacial score (nSPS) is 17.0. The molecule has 1 aromatic carbocycles. The molecule has 0 radical (unpaired) electrons. The van der Waals surface area contributed by atoms with Crippen LogP contribution in [0, 0.1) is 5.92 Å². The molecule has 2 rings (SSSR count). The Kier molecular flexibility index (Phi) is 5.91. The van der Waals surface area contributed by atoms with E-state index in [0.29, 0.717) is 10.9 Å². The summed E-state index contributed by atoms with van der Waals surface area (Å²) in [6.07, 6.45) is 2.15. The predicted molar refractivity (Wildman–Crippen MR) is 87.1 cm³/mol. The van der Waals surface area contributed by atoms with Crippen LogP contribution in [0.1, 0.15) is 39.2 Å². The van der Waals surface area contributed by atoms with Gasteiger partial charge in [0, 0.05) is 25.3 Å². The fraction of sp³-hybridized carbons (Fsp3) is 0.647. The topological polar surface area (TPSA) is 30.5 Å². The van der Waals surface area contributed by atoms with Crippen LogP contribution >= 0.6 is 11.6 Å². The Morgan fingerprint density at radius 1 is 1.29 bits per heavy atom. The summed E-state index contributed by atoms with van der Waals surface area (Å²) in [5.41, 5.74) is 1.28. The van der Waals surface area contributed by atoms with Gasteiger partial charge in [0.2, 0.25) is 0 Å². The van der Waals surface area contributed by atoms with Gasteiger partial charge in [0.1, 0.15) is 5.75 Å². The molecule has 1 aliphatic heterocycles. The van der Waals surface area contributed by atoms with Crippen LogP contribution in [0.15, 0.2) is 18.2 Å². The largest absolute Gasteiger partial charge is 0.492 e. The molecule has 21 heavy (non-hydrogen) atoms. The summed E-state index contributed by atoms with van der Waals surface area (Å²) in [4.78, 5) is 0. The maximum Gasteiger partial charge on any atom is 0.137 e. The predicted octanol–water partition coefficient (Wildman–Crippen LogP) is 4.03. The standard InChI is InChI=1S/C17H26ClNO2/c1-17(2,3)19-11-14-4-5-16(15(18)10-14)21-12-13-6-8-20-9-7-13/h4-5,10,13,19H,6-9,11-12H2,1-3H3. The van der Waals surface area contributed by atoms with Crippen molar-refractivity contribution in [3.8, 4) is 5.75 Å². The van der Waals surface area contributed by atoms with Crippen molar-refractivity contribution in [2.24, 2.45) is 5.92 Å². The smallest absolute Gasteiger partial charge is 0.137 e. The van der Waals surface area contributed by atoms with E-state index in [9.17, 15) is 0 Å². The first kappa shape index (κ1) is 16.6. The van der Waals surface area contributed by atoms with E-state index in [2.05, 4.69) is 32.2 Å². The van der Waals surface area contributed by atoms with Crippen molar-refractivity contribution in [1.82, 2.24) is 5.32 Å². The van der Waals surface area contributed by atoms with E-state index >= 15 is 0 Å². The highest BCUT2D eigenvalue weighted by molar-refractivity contribution is 6.32. The molecule has 1 N–H and O–H groups in total. The molecule has 0 unspecified atom stereocenters. The van der Waals surface area contributed by atoms with Crippen LogP contribution in [0.25, 0.3) is 0 Å². The number of rotatable bonds is 5. The molecule has 3 nitrogen and oxygen atoms in total. The zero-order valence-electron chi connectivity index (χ0n) is 13.2. The van der Waals surface area contributed by atoms with Gasteiger partial charge in [-0.15, -0.1) is 0 Å². The van der Waals surface area contributed by atoms with E-state index in [1.54, 1.807) is 0 Å². The minimum Gasteiger partial charge on any atom is -0.492 e. The minimum atomic E-state index is 0.102. The van der Waals surface area contributed by atoms with E-state index in [0.717, 1.165) is 45.0 Å². The van der Waals surface area contributed by atoms with Gasteiger partial charge in [-0.05, 0) is 57.2 Å². The van der Waals surface area contributed by atoms with E-state index in [-0.39, 0.29) is 5.54 Å². The lowest BCUT2D eigenvalue weighted by Gasteiger charge is -2.23. The molecule has 0 aliphatic carbocycles. The molecule has 0 aromatic heterocycles. The summed E-state index contributed by atoms with van der Waals surface area (Å²) >= 11 is 6.32. The molecular weight excluding hydrogens is 286 g/mol. The van der Waals surface area contributed by atoms with E-state index in [4.69, 9.17) is 21.1 Å². The average Bonchev–Trinajstić information content (AvgIpc) is 2.44. The maximum atomic E-state index is 6.32. The average molecular weight is 312 g/mol. The summed E-state index contributed by atoms with van der Waals surface area (Å²) in [7, 11) is 0. The molecule has 1 aromatic rings. The fourth-order valence-electron chi connectivity index (χ4n) is 2.26. The summed E-state index contributed by atoms with van der Waals surface area (Å²) in [5.74, 6) is 1.36. The third-order valence-corrected chi connectivity index (χ3v) is 3.93. The van der Waals surface area contributed by atoms with Crippen LogP contribution in [0.2, 0.25) is 5.02 Å². The Bertz CT molecular complexity index is 451. The van der Waals surface area contributed by atoms with Crippen LogP contribution in [-0.2, 0) is 11.3 Å². The number of hydrogen-bond acceptors (Lipinski definition) is 3. The first-order chi connectivity index (χ1) is 9.94. The minimum absolute atomic E-state index is 0.102. The summed E-state index contributed by atoms with van der Waals surface area (Å²) in [5, 5.41) is 4.15. The van der Waals surface area contributed by atoms with E-state index in [1.807, 2.05) is 12.1 Å². The maximum absolute atomic E-state index is 6.32. The molecule has 1 fully saturated rings. The molecule has 0 saturated carbocycles. The van der Waals surface area contributed by atoms with Gasteiger partial charge in [-0.1, -0.05) is 17.7 Å². The van der Waals surface area contributed by atoms with E-state index < -0.39 is 0 Å². The number of benzene rings is 1. The van der Waals surface area contributed by atoms with Crippen molar-refractivity contribution >= 4 is 11.6 Å². The van der Waals surface area contributed by atoms with Gasteiger partial charge in [0.05, 0.1) is 11.6 Å². The quantitative estimate of drug-likeness (QED) is 0.890. The highest BCUT2D eigenvalue weighted by Crippen LogP contribution is 2.27. The highest BCUT2D eigenvalue weighted by atomic mass is 35.5. The van der Waals surface area contributed by atoms with Gasteiger partial charge in [-0.3, -0.25) is 0 Å². The first-order valence-electron chi connectivity index (χ1n) is 7.68. The van der Waals surface area contributed by atoms with Crippen molar-refractivity contribution in [3.63, 3.8) is 0 Å². The molecular formula is C17H26ClNO2. The Morgan fingerprint density at radius 2 is 2.00 bits per heavy atom. The number of halogens is 1. The van der Waals surface area contributed by atoms with Crippen LogP contribution in [0.3, 0.4) is 0 Å². The van der Waals surface area contributed by atoms with E-state index in [1.165, 1.54) is 5.56 Å². The second-order valence-electron chi connectivity index (χ2n) is 6.74. The zero-order valence-corrected chi connectivity index (χ0v) is 14.0. The number of hydrogen-bond donors (Lipinski definition) is 1. The molecule has 0 atom stereocenters. The molecule has 4 heteroatoms. The number of nitrogens with one attached hydrogen (secondary N) is 1. The van der Waals surface area contributed by atoms with Crippen LogP contribution in [0.4, 0.5) is 0 Å². The molecule has 1 aliphatic rings. The molecule has 1 heterocycles. The van der Waals surface area contributed by atoms with Crippen molar-refractivity contribution in [2.75, 3.05) is 19.8 Å². The zero-order chi connectivity index (χ0) is 15.3. The second kappa shape index (κ2) is 7.48. The van der Waals surface area contributed by atoms with Crippen molar-refractivity contribution in [2.45, 2.75) is 45.7 Å². The third-order valence-electron chi connectivity index (χ3n) is 3.63. The van der Waals surface area contributed by atoms with Gasteiger partial charge in [-0.2, -0.15) is 0 Å². The van der Waals surface area contributed by atoms with Crippen molar-refractivity contribution in [3.05, 3.63) is 28.8 Å². The van der Waals surface area contributed by atoms with Crippen LogP contribution < -0.4 is 10.1 Å². The fourth-order valence-corrected chi connectivity index (χ4v) is 2.52.